The lowest BCUT2D eigenvalue weighted by Gasteiger charge is -2.35. The van der Waals surface area contributed by atoms with Gasteiger partial charge in [-0.2, -0.15) is 0 Å². The van der Waals surface area contributed by atoms with E-state index in [2.05, 4.69) is 24.8 Å². The number of aliphatic imine (C=N–C) groups is 1. The second-order valence-electron chi connectivity index (χ2n) is 5.48. The van der Waals surface area contributed by atoms with E-state index in [1.807, 2.05) is 36.0 Å². The number of nitrogens with zero attached hydrogens (tertiary/aromatic N) is 6. The van der Waals surface area contributed by atoms with Crippen molar-refractivity contribution in [1.82, 2.24) is 14.9 Å². The summed E-state index contributed by atoms with van der Waals surface area (Å²) in [5.74, 6) is 0.600. The Morgan fingerprint density at radius 2 is 2.04 bits per heavy atom. The van der Waals surface area contributed by atoms with Crippen molar-refractivity contribution < 1.29 is 0 Å². The molecule has 1 aliphatic heterocycles. The maximum atomic E-state index is 6.14. The SMILES string of the molecule is CN(C)c1nc(CN=C(N)N2CCN(c3nccs3)CC2)cs1.I. The highest BCUT2D eigenvalue weighted by molar-refractivity contribution is 14.0. The Bertz CT molecular complexity index is 648. The summed E-state index contributed by atoms with van der Waals surface area (Å²) in [6.45, 7) is 4.11. The molecular formula is C14H22IN7S2. The first-order valence-electron chi connectivity index (χ1n) is 7.44. The minimum atomic E-state index is 0. The summed E-state index contributed by atoms with van der Waals surface area (Å²) in [5.41, 5.74) is 7.10. The normalized spacial score (nSPS) is 15.3. The van der Waals surface area contributed by atoms with Gasteiger partial charge in [-0.25, -0.2) is 15.0 Å². The maximum Gasteiger partial charge on any atom is 0.191 e. The molecule has 7 nitrogen and oxygen atoms in total. The number of nitrogens with two attached hydrogens (primary N) is 1. The van der Waals surface area contributed by atoms with Gasteiger partial charge in [-0.05, 0) is 0 Å². The minimum absolute atomic E-state index is 0. The van der Waals surface area contributed by atoms with Crippen molar-refractivity contribution >= 4 is 62.9 Å². The highest BCUT2D eigenvalue weighted by Crippen LogP contribution is 2.20. The summed E-state index contributed by atoms with van der Waals surface area (Å²) in [7, 11) is 3.98. The van der Waals surface area contributed by atoms with E-state index in [1.165, 1.54) is 0 Å². The van der Waals surface area contributed by atoms with Crippen molar-refractivity contribution in [1.29, 1.82) is 0 Å². The molecule has 3 rings (SSSR count). The van der Waals surface area contributed by atoms with Crippen molar-refractivity contribution in [3.63, 3.8) is 0 Å². The van der Waals surface area contributed by atoms with E-state index in [-0.39, 0.29) is 24.0 Å². The zero-order valence-electron chi connectivity index (χ0n) is 13.8. The Morgan fingerprint density at radius 3 is 2.62 bits per heavy atom. The molecule has 2 N–H and O–H groups in total. The van der Waals surface area contributed by atoms with E-state index >= 15 is 0 Å². The summed E-state index contributed by atoms with van der Waals surface area (Å²) in [6, 6.07) is 0. The Balaban J connectivity index is 0.00000208. The van der Waals surface area contributed by atoms with Gasteiger partial charge >= 0.3 is 0 Å². The van der Waals surface area contributed by atoms with Crippen LogP contribution in [0.1, 0.15) is 5.69 Å². The summed E-state index contributed by atoms with van der Waals surface area (Å²) in [6.07, 6.45) is 1.85. The molecule has 0 radical (unpaired) electrons. The quantitative estimate of drug-likeness (QED) is 0.411. The van der Waals surface area contributed by atoms with Gasteiger partial charge in [0.15, 0.2) is 16.2 Å². The molecule has 0 spiro atoms. The number of hydrogen-bond donors (Lipinski definition) is 1. The third-order valence-corrected chi connectivity index (χ3v) is 5.51. The van der Waals surface area contributed by atoms with Crippen molar-refractivity contribution in [2.75, 3.05) is 50.1 Å². The lowest BCUT2D eigenvalue weighted by atomic mass is 10.3. The van der Waals surface area contributed by atoms with Crippen LogP contribution in [-0.4, -0.2) is 61.1 Å². The van der Waals surface area contributed by atoms with Gasteiger partial charge in [-0.1, -0.05) is 0 Å². The molecule has 0 atom stereocenters. The van der Waals surface area contributed by atoms with Crippen molar-refractivity contribution in [2.24, 2.45) is 10.7 Å². The Hall–Kier alpha value is -1.14. The van der Waals surface area contributed by atoms with Crippen LogP contribution in [0, 0.1) is 0 Å². The van der Waals surface area contributed by atoms with E-state index in [9.17, 15) is 0 Å². The topological polar surface area (TPSA) is 73.9 Å². The predicted octanol–water partition coefficient (Wildman–Crippen LogP) is 1.92. The average molecular weight is 479 g/mol. The van der Waals surface area contributed by atoms with Gasteiger partial charge in [0.25, 0.3) is 0 Å². The molecule has 3 heterocycles. The fraction of sp³-hybridized carbons (Fsp3) is 0.500. The summed E-state index contributed by atoms with van der Waals surface area (Å²) in [5, 5.41) is 6.12. The maximum absolute atomic E-state index is 6.14. The van der Waals surface area contributed by atoms with Crippen molar-refractivity contribution in [3.05, 3.63) is 22.7 Å². The van der Waals surface area contributed by atoms with Crippen LogP contribution < -0.4 is 15.5 Å². The minimum Gasteiger partial charge on any atom is -0.370 e. The van der Waals surface area contributed by atoms with Gasteiger partial charge in [0.2, 0.25) is 0 Å². The fourth-order valence-corrected chi connectivity index (χ4v) is 3.78. The van der Waals surface area contributed by atoms with Crippen LogP contribution in [0.15, 0.2) is 21.9 Å². The van der Waals surface area contributed by atoms with Gasteiger partial charge in [0, 0.05) is 57.2 Å². The summed E-state index contributed by atoms with van der Waals surface area (Å²) in [4.78, 5) is 19.8. The van der Waals surface area contributed by atoms with Crippen molar-refractivity contribution in [2.45, 2.75) is 6.54 Å². The van der Waals surface area contributed by atoms with Gasteiger partial charge < -0.3 is 20.4 Å². The predicted molar refractivity (Wildman–Crippen MR) is 113 cm³/mol. The fourth-order valence-electron chi connectivity index (χ4n) is 2.34. The highest BCUT2D eigenvalue weighted by atomic mass is 127. The van der Waals surface area contributed by atoms with Gasteiger partial charge in [0.1, 0.15) is 0 Å². The van der Waals surface area contributed by atoms with E-state index < -0.39 is 0 Å². The third-order valence-electron chi connectivity index (χ3n) is 3.62. The zero-order valence-corrected chi connectivity index (χ0v) is 17.7. The molecule has 2 aromatic heterocycles. The molecule has 0 saturated carbocycles. The van der Waals surface area contributed by atoms with Crippen LogP contribution in [0.5, 0.6) is 0 Å². The number of rotatable bonds is 4. The van der Waals surface area contributed by atoms with Gasteiger partial charge in [0.05, 0.1) is 12.2 Å². The van der Waals surface area contributed by atoms with Crippen LogP contribution in [0.4, 0.5) is 10.3 Å². The molecule has 1 fully saturated rings. The lowest BCUT2D eigenvalue weighted by Crippen LogP contribution is -2.51. The number of anilines is 2. The van der Waals surface area contributed by atoms with E-state index in [0.29, 0.717) is 12.5 Å². The molecule has 1 saturated heterocycles. The summed E-state index contributed by atoms with van der Waals surface area (Å²) < 4.78 is 0. The van der Waals surface area contributed by atoms with Crippen LogP contribution in [-0.2, 0) is 6.54 Å². The molecule has 10 heteroatoms. The largest absolute Gasteiger partial charge is 0.370 e. The summed E-state index contributed by atoms with van der Waals surface area (Å²) >= 11 is 3.30. The molecule has 1 aliphatic rings. The third kappa shape index (κ3) is 4.70. The Kier molecular flexibility index (Phi) is 7.04. The first-order valence-corrected chi connectivity index (χ1v) is 9.20. The molecule has 0 amide bonds. The van der Waals surface area contributed by atoms with E-state index in [1.54, 1.807) is 22.7 Å². The zero-order chi connectivity index (χ0) is 16.2. The molecule has 0 bridgehead atoms. The first-order chi connectivity index (χ1) is 11.1. The average Bonchev–Trinajstić information content (AvgIpc) is 3.24. The van der Waals surface area contributed by atoms with Crippen LogP contribution in [0.3, 0.4) is 0 Å². The molecule has 2 aromatic rings. The molecule has 0 aromatic carbocycles. The molecule has 132 valence electrons. The van der Waals surface area contributed by atoms with Crippen molar-refractivity contribution in [3.8, 4) is 0 Å². The van der Waals surface area contributed by atoms with Crippen LogP contribution >= 0.6 is 46.7 Å². The Labute approximate surface area is 167 Å². The number of piperazine rings is 1. The number of aromatic nitrogens is 2. The standard InChI is InChI=1S/C14H21N7S2.HI/c1-19(2)14-18-11(10-23-14)9-17-12(15)20-4-6-21(7-5-20)13-16-3-8-22-13;/h3,8,10H,4-7,9H2,1-2H3,(H2,15,17);1H. The number of hydrogen-bond acceptors (Lipinski definition) is 7. The second kappa shape index (κ2) is 8.81. The molecular weight excluding hydrogens is 457 g/mol. The monoisotopic (exact) mass is 479 g/mol. The van der Waals surface area contributed by atoms with Gasteiger partial charge in [-0.3, -0.25) is 0 Å². The number of guanidine groups is 1. The Morgan fingerprint density at radius 1 is 1.29 bits per heavy atom. The van der Waals surface area contributed by atoms with E-state index in [0.717, 1.165) is 42.1 Å². The smallest absolute Gasteiger partial charge is 0.191 e. The number of halogens is 1. The molecule has 0 unspecified atom stereocenters. The first kappa shape index (κ1) is 19.2. The molecule has 0 aliphatic carbocycles. The van der Waals surface area contributed by atoms with Gasteiger partial charge in [-0.15, -0.1) is 46.7 Å². The van der Waals surface area contributed by atoms with E-state index in [4.69, 9.17) is 5.73 Å². The highest BCUT2D eigenvalue weighted by Gasteiger charge is 2.19. The second-order valence-corrected chi connectivity index (χ2v) is 7.19. The lowest BCUT2D eigenvalue weighted by molar-refractivity contribution is 0.380. The van der Waals surface area contributed by atoms with Crippen LogP contribution in [0.2, 0.25) is 0 Å². The molecule has 24 heavy (non-hydrogen) atoms. The van der Waals surface area contributed by atoms with Crippen LogP contribution in [0.25, 0.3) is 0 Å². The number of thiazole rings is 2.